The van der Waals surface area contributed by atoms with Crippen LogP contribution in [0.5, 0.6) is 0 Å². The van der Waals surface area contributed by atoms with Crippen LogP contribution in [0.3, 0.4) is 0 Å². The van der Waals surface area contributed by atoms with E-state index in [1.165, 1.54) is 24.4 Å². The number of nitrogens with one attached hydrogen (secondary N) is 4. The van der Waals surface area contributed by atoms with Crippen LogP contribution in [0, 0.1) is 22.6 Å². The Kier molecular flexibility index (Phi) is 8.16. The number of halogens is 3. The number of carbonyl (C=O) groups excluding carboxylic acids is 1. The number of carbonyl (C=O) groups is 1. The summed E-state index contributed by atoms with van der Waals surface area (Å²) in [7, 11) is 0. The molecule has 164 valence electrons. The third-order valence-corrected chi connectivity index (χ3v) is 3.95. The Morgan fingerprint density at radius 3 is 2.74 bits per heavy atom. The van der Waals surface area contributed by atoms with Gasteiger partial charge in [0.25, 0.3) is 0 Å². The van der Waals surface area contributed by atoms with E-state index in [1.807, 2.05) is 0 Å². The Labute approximate surface area is 175 Å². The lowest BCUT2D eigenvalue weighted by atomic mass is 10.0. The number of nitriles is 1. The second kappa shape index (κ2) is 10.8. The molecule has 0 bridgehead atoms. The molecule has 0 saturated carbocycles. The molecule has 31 heavy (non-hydrogen) atoms. The van der Waals surface area contributed by atoms with Gasteiger partial charge in [-0.1, -0.05) is 6.07 Å². The lowest BCUT2D eigenvalue weighted by Gasteiger charge is -2.18. The van der Waals surface area contributed by atoms with Gasteiger partial charge in [-0.15, -0.1) is 0 Å². The van der Waals surface area contributed by atoms with Crippen molar-refractivity contribution >= 4 is 17.6 Å². The molecule has 0 aliphatic carbocycles. The molecule has 0 aliphatic heterocycles. The van der Waals surface area contributed by atoms with Crippen molar-refractivity contribution in [2.24, 2.45) is 5.73 Å². The standard InChI is InChI=1S/C19H20F3N7O2/c20-17-13(9-16(30)27-7-8-31-29-18(24)25)12(10-23)4-5-14(17)28-11-19(21,22)15-3-1-2-6-26-15/h1-6,28H,7-9,11H2,(H,27,30)(H4,24,25,29). The number of nitrogens with two attached hydrogens (primary N) is 1. The number of guanidine groups is 1. The molecule has 1 amide bonds. The monoisotopic (exact) mass is 435 g/mol. The summed E-state index contributed by atoms with van der Waals surface area (Å²) in [5.74, 6) is -5.36. The van der Waals surface area contributed by atoms with Crippen molar-refractivity contribution in [3.05, 3.63) is 59.2 Å². The smallest absolute Gasteiger partial charge is 0.306 e. The molecule has 2 aromatic rings. The third-order valence-electron chi connectivity index (χ3n) is 3.95. The normalized spacial score (nSPS) is 10.8. The average Bonchev–Trinajstić information content (AvgIpc) is 2.74. The molecule has 0 fully saturated rings. The number of hydrogen-bond acceptors (Lipinski definition) is 6. The second-order valence-electron chi connectivity index (χ2n) is 6.23. The summed E-state index contributed by atoms with van der Waals surface area (Å²) in [6, 6.07) is 8.24. The van der Waals surface area contributed by atoms with E-state index in [0.29, 0.717) is 0 Å². The fourth-order valence-corrected chi connectivity index (χ4v) is 2.50. The van der Waals surface area contributed by atoms with E-state index in [2.05, 4.69) is 21.1 Å². The highest BCUT2D eigenvalue weighted by Crippen LogP contribution is 2.28. The van der Waals surface area contributed by atoms with E-state index in [9.17, 15) is 23.2 Å². The molecule has 6 N–H and O–H groups in total. The van der Waals surface area contributed by atoms with Gasteiger partial charge in [-0.3, -0.25) is 20.0 Å². The fourth-order valence-electron chi connectivity index (χ4n) is 2.50. The van der Waals surface area contributed by atoms with Crippen LogP contribution in [0.1, 0.15) is 16.8 Å². The van der Waals surface area contributed by atoms with Crippen LogP contribution in [0.4, 0.5) is 18.9 Å². The van der Waals surface area contributed by atoms with Gasteiger partial charge < -0.3 is 16.4 Å². The predicted octanol–water partition coefficient (Wildman–Crippen LogP) is 1.37. The molecule has 0 saturated heterocycles. The van der Waals surface area contributed by atoms with Gasteiger partial charge in [-0.25, -0.2) is 9.87 Å². The number of pyridine rings is 1. The van der Waals surface area contributed by atoms with E-state index < -0.39 is 42.3 Å². The molecule has 0 spiro atoms. The number of anilines is 1. The maximum absolute atomic E-state index is 14.9. The maximum atomic E-state index is 14.9. The quantitative estimate of drug-likeness (QED) is 0.164. The summed E-state index contributed by atoms with van der Waals surface area (Å²) in [6.45, 7) is -0.932. The van der Waals surface area contributed by atoms with Gasteiger partial charge in [-0.05, 0) is 24.3 Å². The molecular weight excluding hydrogens is 415 g/mol. The summed E-state index contributed by atoms with van der Waals surface area (Å²) in [5.41, 5.74) is 6.02. The van der Waals surface area contributed by atoms with Crippen molar-refractivity contribution in [3.8, 4) is 6.07 Å². The lowest BCUT2D eigenvalue weighted by molar-refractivity contribution is -0.120. The van der Waals surface area contributed by atoms with Crippen LogP contribution < -0.4 is 21.8 Å². The van der Waals surface area contributed by atoms with Gasteiger partial charge in [-0.2, -0.15) is 14.0 Å². The first-order chi connectivity index (χ1) is 14.7. The Balaban J connectivity index is 2.04. The van der Waals surface area contributed by atoms with Crippen molar-refractivity contribution in [2.75, 3.05) is 25.0 Å². The largest absolute Gasteiger partial charge is 0.376 e. The Morgan fingerprint density at radius 2 is 2.10 bits per heavy atom. The van der Waals surface area contributed by atoms with E-state index >= 15 is 0 Å². The van der Waals surface area contributed by atoms with Gasteiger partial charge in [0.05, 0.1) is 36.9 Å². The number of hydrogen-bond donors (Lipinski definition) is 5. The zero-order valence-electron chi connectivity index (χ0n) is 16.2. The van der Waals surface area contributed by atoms with Crippen molar-refractivity contribution in [1.82, 2.24) is 15.8 Å². The first-order valence-corrected chi connectivity index (χ1v) is 8.98. The topological polar surface area (TPSA) is 149 Å². The minimum Gasteiger partial charge on any atom is -0.376 e. The SMILES string of the molecule is N#Cc1ccc(NCC(F)(F)c2ccccn2)c(F)c1CC(=O)NCCONC(=N)N. The molecule has 9 nitrogen and oxygen atoms in total. The van der Waals surface area contributed by atoms with Crippen LogP contribution in [-0.4, -0.2) is 36.5 Å². The van der Waals surface area contributed by atoms with Crippen molar-refractivity contribution in [2.45, 2.75) is 12.3 Å². The second-order valence-corrected chi connectivity index (χ2v) is 6.23. The van der Waals surface area contributed by atoms with Gasteiger partial charge in [0.15, 0.2) is 5.82 Å². The molecule has 0 radical (unpaired) electrons. The number of nitrogens with zero attached hydrogens (tertiary/aromatic N) is 2. The Morgan fingerprint density at radius 1 is 1.32 bits per heavy atom. The van der Waals surface area contributed by atoms with Gasteiger partial charge >= 0.3 is 5.92 Å². The van der Waals surface area contributed by atoms with Gasteiger partial charge in [0, 0.05) is 18.3 Å². The first-order valence-electron chi connectivity index (χ1n) is 8.98. The van der Waals surface area contributed by atoms with Crippen LogP contribution >= 0.6 is 0 Å². The summed E-state index contributed by atoms with van der Waals surface area (Å²) in [6.07, 6.45) is 0.741. The van der Waals surface area contributed by atoms with E-state index in [-0.39, 0.29) is 30.0 Å². The minimum atomic E-state index is -3.37. The van der Waals surface area contributed by atoms with Crippen LogP contribution in [0.25, 0.3) is 0 Å². The molecule has 1 heterocycles. The summed E-state index contributed by atoms with van der Waals surface area (Å²) in [5, 5.41) is 20.9. The molecule has 2 rings (SSSR count). The Hall–Kier alpha value is -3.85. The molecule has 0 aliphatic rings. The maximum Gasteiger partial charge on any atom is 0.306 e. The molecule has 12 heteroatoms. The number of alkyl halides is 2. The lowest BCUT2D eigenvalue weighted by Crippen LogP contribution is -2.35. The highest BCUT2D eigenvalue weighted by molar-refractivity contribution is 5.80. The zero-order chi connectivity index (χ0) is 22.9. The van der Waals surface area contributed by atoms with Gasteiger partial charge in [0.1, 0.15) is 5.69 Å². The summed E-state index contributed by atoms with van der Waals surface area (Å²) >= 11 is 0. The molecule has 1 aromatic carbocycles. The minimum absolute atomic E-state index is 0.0247. The Bertz CT molecular complexity index is 965. The van der Waals surface area contributed by atoms with E-state index in [1.54, 1.807) is 6.07 Å². The number of aromatic nitrogens is 1. The number of hydroxylamine groups is 1. The highest BCUT2D eigenvalue weighted by atomic mass is 19.3. The molecule has 0 atom stereocenters. The number of amides is 1. The number of benzene rings is 1. The van der Waals surface area contributed by atoms with E-state index in [4.69, 9.17) is 16.0 Å². The predicted molar refractivity (Wildman–Crippen MR) is 105 cm³/mol. The summed E-state index contributed by atoms with van der Waals surface area (Å²) in [4.78, 5) is 20.4. The van der Waals surface area contributed by atoms with E-state index in [0.717, 1.165) is 12.1 Å². The van der Waals surface area contributed by atoms with Crippen molar-refractivity contribution in [1.29, 1.82) is 10.7 Å². The first kappa shape index (κ1) is 23.4. The van der Waals surface area contributed by atoms with Crippen LogP contribution in [0.2, 0.25) is 0 Å². The van der Waals surface area contributed by atoms with Crippen molar-refractivity contribution < 1.29 is 22.8 Å². The number of rotatable bonds is 10. The molecule has 1 aromatic heterocycles. The highest BCUT2D eigenvalue weighted by Gasteiger charge is 2.33. The molecule has 0 unspecified atom stereocenters. The average molecular weight is 435 g/mol. The third kappa shape index (κ3) is 6.86. The zero-order valence-corrected chi connectivity index (χ0v) is 16.2. The van der Waals surface area contributed by atoms with Crippen LogP contribution in [0.15, 0.2) is 36.5 Å². The fraction of sp³-hybridized carbons (Fsp3) is 0.263. The summed E-state index contributed by atoms with van der Waals surface area (Å²) < 4.78 is 43.4. The van der Waals surface area contributed by atoms with Crippen LogP contribution in [-0.2, 0) is 22.0 Å². The van der Waals surface area contributed by atoms with Crippen molar-refractivity contribution in [3.63, 3.8) is 0 Å². The van der Waals surface area contributed by atoms with Gasteiger partial charge in [0.2, 0.25) is 11.9 Å². The molecular formula is C19H20F3N7O2.